The number of ether oxygens (including phenoxy) is 1. The van der Waals surface area contributed by atoms with Gasteiger partial charge in [-0.15, -0.1) is 0 Å². The van der Waals surface area contributed by atoms with E-state index in [1.807, 2.05) is 30.0 Å². The molecule has 0 saturated carbocycles. The van der Waals surface area contributed by atoms with Gasteiger partial charge in [0.25, 0.3) is 5.91 Å². The van der Waals surface area contributed by atoms with Crippen LogP contribution in [0, 0.1) is 6.92 Å². The third-order valence-corrected chi connectivity index (χ3v) is 4.34. The third-order valence-electron chi connectivity index (χ3n) is 3.48. The Morgan fingerprint density at radius 1 is 1.39 bits per heavy atom. The molecule has 1 aliphatic heterocycles. The largest absolute Gasteiger partial charge is 0.381 e. The minimum absolute atomic E-state index is 0.116. The van der Waals surface area contributed by atoms with Crippen LogP contribution < -0.4 is 0 Å². The van der Waals surface area contributed by atoms with Crippen LogP contribution in [-0.4, -0.2) is 37.1 Å². The normalized spacial score (nSPS) is 16.9. The topological polar surface area (TPSA) is 29.5 Å². The molecule has 1 aromatic carbocycles. The SMILES string of the molecule is COC1CCN(C(=O)c2ccc(C)c(Br)c2)CC1. The Hall–Kier alpha value is -0.870. The van der Waals surface area contributed by atoms with Crippen molar-refractivity contribution in [2.45, 2.75) is 25.9 Å². The minimum atomic E-state index is 0.116. The number of carbonyl (C=O) groups excluding carboxylic acids is 1. The number of likely N-dealkylation sites (tertiary alicyclic amines) is 1. The summed E-state index contributed by atoms with van der Waals surface area (Å²) in [5.41, 5.74) is 1.90. The fraction of sp³-hybridized carbons (Fsp3) is 0.500. The van der Waals surface area contributed by atoms with Crippen LogP contribution in [0.2, 0.25) is 0 Å². The molecule has 0 N–H and O–H groups in total. The van der Waals surface area contributed by atoms with Crippen LogP contribution in [0.4, 0.5) is 0 Å². The summed E-state index contributed by atoms with van der Waals surface area (Å²) in [6.45, 7) is 3.58. The lowest BCUT2D eigenvalue weighted by Crippen LogP contribution is -2.40. The molecule has 3 nitrogen and oxygen atoms in total. The lowest BCUT2D eigenvalue weighted by molar-refractivity contribution is 0.0351. The lowest BCUT2D eigenvalue weighted by Gasteiger charge is -2.31. The van der Waals surface area contributed by atoms with Gasteiger partial charge in [-0.3, -0.25) is 4.79 Å². The van der Waals surface area contributed by atoms with Crippen molar-refractivity contribution >= 4 is 21.8 Å². The molecule has 1 heterocycles. The van der Waals surface area contributed by atoms with Crippen molar-refractivity contribution in [1.82, 2.24) is 4.90 Å². The first-order valence-corrected chi connectivity index (χ1v) is 6.99. The van der Waals surface area contributed by atoms with Crippen LogP contribution in [0.25, 0.3) is 0 Å². The van der Waals surface area contributed by atoms with Crippen molar-refractivity contribution in [3.8, 4) is 0 Å². The fourth-order valence-electron chi connectivity index (χ4n) is 2.20. The molecule has 0 atom stereocenters. The van der Waals surface area contributed by atoms with Crippen molar-refractivity contribution in [1.29, 1.82) is 0 Å². The molecule has 1 saturated heterocycles. The van der Waals surface area contributed by atoms with Gasteiger partial charge in [0.15, 0.2) is 0 Å². The summed E-state index contributed by atoms with van der Waals surface area (Å²) in [5, 5.41) is 0. The molecule has 4 heteroatoms. The van der Waals surface area contributed by atoms with Crippen LogP contribution in [0.15, 0.2) is 22.7 Å². The zero-order valence-corrected chi connectivity index (χ0v) is 12.4. The highest BCUT2D eigenvalue weighted by molar-refractivity contribution is 9.10. The van der Waals surface area contributed by atoms with Gasteiger partial charge in [-0.1, -0.05) is 22.0 Å². The molecule has 1 amide bonds. The lowest BCUT2D eigenvalue weighted by atomic mass is 10.1. The summed E-state index contributed by atoms with van der Waals surface area (Å²) in [6, 6.07) is 5.77. The van der Waals surface area contributed by atoms with Crippen molar-refractivity contribution in [2.75, 3.05) is 20.2 Å². The maximum Gasteiger partial charge on any atom is 0.253 e. The van der Waals surface area contributed by atoms with Crippen LogP contribution in [0.3, 0.4) is 0 Å². The predicted octanol–water partition coefficient (Wildman–Crippen LogP) is 3.01. The van der Waals surface area contributed by atoms with Crippen LogP contribution in [-0.2, 0) is 4.74 Å². The molecular weight excluding hydrogens is 294 g/mol. The smallest absolute Gasteiger partial charge is 0.253 e. The van der Waals surface area contributed by atoms with Gasteiger partial charge in [-0.05, 0) is 37.5 Å². The van der Waals surface area contributed by atoms with E-state index >= 15 is 0 Å². The number of rotatable bonds is 2. The number of hydrogen-bond donors (Lipinski definition) is 0. The summed E-state index contributed by atoms with van der Waals surface area (Å²) in [6.07, 6.45) is 2.16. The summed E-state index contributed by atoms with van der Waals surface area (Å²) in [4.78, 5) is 14.2. The molecule has 0 unspecified atom stereocenters. The van der Waals surface area contributed by atoms with E-state index in [4.69, 9.17) is 4.74 Å². The van der Waals surface area contributed by atoms with Gasteiger partial charge >= 0.3 is 0 Å². The second-order valence-electron chi connectivity index (χ2n) is 4.69. The summed E-state index contributed by atoms with van der Waals surface area (Å²) in [7, 11) is 1.74. The van der Waals surface area contributed by atoms with Gasteiger partial charge in [-0.2, -0.15) is 0 Å². The van der Waals surface area contributed by atoms with Gasteiger partial charge in [0.2, 0.25) is 0 Å². The highest BCUT2D eigenvalue weighted by atomic mass is 79.9. The Balaban J connectivity index is 2.05. The summed E-state index contributed by atoms with van der Waals surface area (Å²) < 4.78 is 6.30. The number of halogens is 1. The third kappa shape index (κ3) is 2.93. The van der Waals surface area contributed by atoms with Gasteiger partial charge in [-0.25, -0.2) is 0 Å². The molecular formula is C14H18BrNO2. The van der Waals surface area contributed by atoms with Crippen molar-refractivity contribution in [3.05, 3.63) is 33.8 Å². The van der Waals surface area contributed by atoms with E-state index in [1.54, 1.807) is 7.11 Å². The first kappa shape index (κ1) is 13.6. The van der Waals surface area contributed by atoms with E-state index in [0.29, 0.717) is 6.10 Å². The van der Waals surface area contributed by atoms with E-state index in [-0.39, 0.29) is 5.91 Å². The predicted molar refractivity (Wildman–Crippen MR) is 74.8 cm³/mol. The molecule has 0 aromatic heterocycles. The Kier molecular flexibility index (Phi) is 4.40. The Bertz CT molecular complexity index is 439. The zero-order chi connectivity index (χ0) is 13.1. The van der Waals surface area contributed by atoms with E-state index in [1.165, 1.54) is 0 Å². The van der Waals surface area contributed by atoms with Crippen LogP contribution in [0.5, 0.6) is 0 Å². The molecule has 0 spiro atoms. The highest BCUT2D eigenvalue weighted by Crippen LogP contribution is 2.20. The van der Waals surface area contributed by atoms with E-state index in [0.717, 1.165) is 41.5 Å². The zero-order valence-electron chi connectivity index (χ0n) is 10.8. The van der Waals surface area contributed by atoms with Crippen LogP contribution >= 0.6 is 15.9 Å². The number of amides is 1. The Labute approximate surface area is 116 Å². The minimum Gasteiger partial charge on any atom is -0.381 e. The van der Waals surface area contributed by atoms with E-state index < -0.39 is 0 Å². The molecule has 18 heavy (non-hydrogen) atoms. The van der Waals surface area contributed by atoms with Gasteiger partial charge in [0.05, 0.1) is 6.10 Å². The molecule has 1 aromatic rings. The maximum atomic E-state index is 12.3. The highest BCUT2D eigenvalue weighted by Gasteiger charge is 2.23. The average Bonchev–Trinajstić information content (AvgIpc) is 2.41. The van der Waals surface area contributed by atoms with Gasteiger partial charge in [0, 0.05) is 30.2 Å². The number of carbonyl (C=O) groups is 1. The summed E-state index contributed by atoms with van der Waals surface area (Å²) >= 11 is 3.47. The van der Waals surface area contributed by atoms with Gasteiger partial charge in [0.1, 0.15) is 0 Å². The second kappa shape index (κ2) is 5.85. The first-order chi connectivity index (χ1) is 8.61. The van der Waals surface area contributed by atoms with Crippen molar-refractivity contribution < 1.29 is 9.53 Å². The van der Waals surface area contributed by atoms with E-state index in [2.05, 4.69) is 15.9 Å². The van der Waals surface area contributed by atoms with E-state index in [9.17, 15) is 4.79 Å². The number of benzene rings is 1. The molecule has 1 fully saturated rings. The number of aryl methyl sites for hydroxylation is 1. The molecule has 0 radical (unpaired) electrons. The Morgan fingerprint density at radius 2 is 2.06 bits per heavy atom. The monoisotopic (exact) mass is 311 g/mol. The van der Waals surface area contributed by atoms with Crippen LogP contribution in [0.1, 0.15) is 28.8 Å². The van der Waals surface area contributed by atoms with Crippen molar-refractivity contribution in [3.63, 3.8) is 0 Å². The van der Waals surface area contributed by atoms with Gasteiger partial charge < -0.3 is 9.64 Å². The molecule has 2 rings (SSSR count). The number of nitrogens with zero attached hydrogens (tertiary/aromatic N) is 1. The average molecular weight is 312 g/mol. The first-order valence-electron chi connectivity index (χ1n) is 6.20. The number of piperidine rings is 1. The fourth-order valence-corrected chi connectivity index (χ4v) is 2.58. The summed E-state index contributed by atoms with van der Waals surface area (Å²) in [5.74, 6) is 0.116. The Morgan fingerprint density at radius 3 is 2.61 bits per heavy atom. The molecule has 98 valence electrons. The van der Waals surface area contributed by atoms with Crippen molar-refractivity contribution in [2.24, 2.45) is 0 Å². The molecule has 1 aliphatic rings. The molecule has 0 aliphatic carbocycles. The number of hydrogen-bond acceptors (Lipinski definition) is 2. The molecule has 0 bridgehead atoms. The quantitative estimate of drug-likeness (QED) is 0.840. The second-order valence-corrected chi connectivity index (χ2v) is 5.55. The standard InChI is InChI=1S/C14H18BrNO2/c1-10-3-4-11(9-13(10)15)14(17)16-7-5-12(18-2)6-8-16/h3-4,9,12H,5-8H2,1-2H3. The maximum absolute atomic E-state index is 12.3. The number of methoxy groups -OCH3 is 1.